The van der Waals surface area contributed by atoms with Crippen molar-refractivity contribution in [2.45, 2.75) is 20.8 Å². The molecule has 29 heavy (non-hydrogen) atoms. The molecule has 2 heterocycles. The Morgan fingerprint density at radius 2 is 1.97 bits per heavy atom. The molecule has 0 fully saturated rings. The number of hydrogen-bond donors (Lipinski definition) is 1. The van der Waals surface area contributed by atoms with Gasteiger partial charge in [-0.25, -0.2) is 4.98 Å². The first-order valence-corrected chi connectivity index (χ1v) is 9.52. The zero-order chi connectivity index (χ0) is 21.0. The van der Waals surface area contributed by atoms with E-state index in [-0.39, 0.29) is 30.9 Å². The quantitative estimate of drug-likeness (QED) is 0.809. The van der Waals surface area contributed by atoms with E-state index in [1.807, 2.05) is 26.8 Å². The van der Waals surface area contributed by atoms with Crippen LogP contribution in [0.2, 0.25) is 0 Å². The molecule has 0 aliphatic carbocycles. The van der Waals surface area contributed by atoms with Gasteiger partial charge in [-0.2, -0.15) is 0 Å². The van der Waals surface area contributed by atoms with Gasteiger partial charge in [0.2, 0.25) is 5.91 Å². The van der Waals surface area contributed by atoms with Gasteiger partial charge in [-0.1, -0.05) is 6.07 Å². The van der Waals surface area contributed by atoms with E-state index < -0.39 is 0 Å². The molecule has 1 N–H and O–H groups in total. The van der Waals surface area contributed by atoms with Gasteiger partial charge >= 0.3 is 0 Å². The summed E-state index contributed by atoms with van der Waals surface area (Å²) in [5, 5.41) is 2.68. The Kier molecular flexibility index (Phi) is 6.11. The maximum atomic E-state index is 12.7. The molecule has 0 unspecified atom stereocenters. The van der Waals surface area contributed by atoms with Crippen molar-refractivity contribution in [3.8, 4) is 5.75 Å². The molecule has 8 heteroatoms. The lowest BCUT2D eigenvalue weighted by molar-refractivity contribution is -0.123. The number of aryl methyl sites for hydroxylation is 1. The lowest BCUT2D eigenvalue weighted by Crippen LogP contribution is -2.43. The van der Waals surface area contributed by atoms with E-state index in [0.29, 0.717) is 35.9 Å². The highest BCUT2D eigenvalue weighted by Crippen LogP contribution is 2.33. The van der Waals surface area contributed by atoms with Crippen molar-refractivity contribution >= 4 is 29.2 Å². The minimum Gasteiger partial charge on any atom is -0.482 e. The average Bonchev–Trinajstić information content (AvgIpc) is 2.72. The number of fused-ring (bicyclic) bond motifs is 1. The van der Waals surface area contributed by atoms with Gasteiger partial charge in [-0.3, -0.25) is 19.3 Å². The summed E-state index contributed by atoms with van der Waals surface area (Å²) in [6.07, 6.45) is 1.65. The summed E-state index contributed by atoms with van der Waals surface area (Å²) >= 11 is 0. The summed E-state index contributed by atoms with van der Waals surface area (Å²) in [5.41, 5.74) is 1.83. The van der Waals surface area contributed by atoms with Crippen LogP contribution in [0.5, 0.6) is 5.75 Å². The Balaban J connectivity index is 1.82. The summed E-state index contributed by atoms with van der Waals surface area (Å²) in [6.45, 7) is 6.51. The minimum absolute atomic E-state index is 0.135. The van der Waals surface area contributed by atoms with Gasteiger partial charge in [0.15, 0.2) is 6.61 Å². The number of nitrogens with zero attached hydrogens (tertiary/aromatic N) is 3. The third-order valence-corrected chi connectivity index (χ3v) is 4.68. The zero-order valence-electron chi connectivity index (χ0n) is 16.8. The molecule has 1 aromatic carbocycles. The van der Waals surface area contributed by atoms with Gasteiger partial charge in [0.05, 0.1) is 5.69 Å². The Hall–Kier alpha value is -3.42. The Morgan fingerprint density at radius 3 is 2.62 bits per heavy atom. The number of carbonyl (C=O) groups excluding carboxylic acids is 3. The van der Waals surface area contributed by atoms with Gasteiger partial charge in [-0.05, 0) is 50.6 Å². The second-order valence-corrected chi connectivity index (χ2v) is 6.70. The highest BCUT2D eigenvalue weighted by atomic mass is 16.5. The first-order valence-electron chi connectivity index (χ1n) is 9.52. The maximum absolute atomic E-state index is 12.7. The second-order valence-electron chi connectivity index (χ2n) is 6.70. The van der Waals surface area contributed by atoms with Crippen molar-refractivity contribution < 1.29 is 19.1 Å². The number of rotatable bonds is 6. The standard InChI is InChI=1S/C21H24N4O4/c1-4-24(5-2)21(28)15-7-8-17-16(10-15)25(20(27)13-29-17)12-19(26)23-18-9-6-14(3)11-22-18/h6-11H,4-5,12-13H2,1-3H3,(H,22,23,26). The lowest BCUT2D eigenvalue weighted by atomic mass is 10.1. The van der Waals surface area contributed by atoms with E-state index in [4.69, 9.17) is 4.74 Å². The van der Waals surface area contributed by atoms with Gasteiger partial charge in [-0.15, -0.1) is 0 Å². The highest BCUT2D eigenvalue weighted by molar-refractivity contribution is 6.06. The van der Waals surface area contributed by atoms with Gasteiger partial charge in [0.1, 0.15) is 18.1 Å². The summed E-state index contributed by atoms with van der Waals surface area (Å²) < 4.78 is 5.47. The second kappa shape index (κ2) is 8.72. The molecule has 3 amide bonds. The molecule has 0 spiro atoms. The van der Waals surface area contributed by atoms with Crippen molar-refractivity contribution in [1.82, 2.24) is 9.88 Å². The third-order valence-electron chi connectivity index (χ3n) is 4.68. The van der Waals surface area contributed by atoms with E-state index in [0.717, 1.165) is 5.56 Å². The minimum atomic E-state index is -0.386. The fourth-order valence-electron chi connectivity index (χ4n) is 3.07. The van der Waals surface area contributed by atoms with Crippen LogP contribution in [0.3, 0.4) is 0 Å². The van der Waals surface area contributed by atoms with Crippen LogP contribution in [0.4, 0.5) is 11.5 Å². The summed E-state index contributed by atoms with van der Waals surface area (Å²) in [4.78, 5) is 44.7. The smallest absolute Gasteiger partial charge is 0.265 e. The first kappa shape index (κ1) is 20.3. The lowest BCUT2D eigenvalue weighted by Gasteiger charge is -2.29. The molecule has 0 atom stereocenters. The fourth-order valence-corrected chi connectivity index (χ4v) is 3.07. The molecular formula is C21H24N4O4. The largest absolute Gasteiger partial charge is 0.482 e. The van der Waals surface area contributed by atoms with Gasteiger partial charge in [0, 0.05) is 24.8 Å². The van der Waals surface area contributed by atoms with E-state index in [1.54, 1.807) is 35.4 Å². The zero-order valence-corrected chi connectivity index (χ0v) is 16.8. The molecule has 0 saturated carbocycles. The molecule has 0 saturated heterocycles. The Morgan fingerprint density at radius 1 is 1.21 bits per heavy atom. The number of benzene rings is 1. The number of hydrogen-bond acceptors (Lipinski definition) is 5. The van der Waals surface area contributed by atoms with Crippen LogP contribution >= 0.6 is 0 Å². The summed E-state index contributed by atoms with van der Waals surface area (Å²) in [7, 11) is 0. The Labute approximate surface area is 169 Å². The molecule has 0 bridgehead atoms. The number of amides is 3. The molecule has 3 rings (SSSR count). The summed E-state index contributed by atoms with van der Waals surface area (Å²) in [6, 6.07) is 8.46. The van der Waals surface area contributed by atoms with Crippen LogP contribution in [0, 0.1) is 6.92 Å². The predicted octanol–water partition coefficient (Wildman–Crippen LogP) is 2.24. The number of anilines is 2. The van der Waals surface area contributed by atoms with E-state index >= 15 is 0 Å². The van der Waals surface area contributed by atoms with E-state index in [1.165, 1.54) is 4.90 Å². The van der Waals surface area contributed by atoms with Crippen molar-refractivity contribution in [2.24, 2.45) is 0 Å². The molecule has 1 aliphatic heterocycles. The van der Waals surface area contributed by atoms with Crippen LogP contribution in [-0.2, 0) is 9.59 Å². The molecule has 152 valence electrons. The number of aromatic nitrogens is 1. The third kappa shape index (κ3) is 4.53. The molecule has 1 aliphatic rings. The molecule has 8 nitrogen and oxygen atoms in total. The normalized spacial score (nSPS) is 12.8. The van der Waals surface area contributed by atoms with Crippen molar-refractivity contribution in [3.05, 3.63) is 47.7 Å². The van der Waals surface area contributed by atoms with Crippen molar-refractivity contribution in [3.63, 3.8) is 0 Å². The molecule has 0 radical (unpaired) electrons. The van der Waals surface area contributed by atoms with Crippen LogP contribution in [0.15, 0.2) is 36.5 Å². The van der Waals surface area contributed by atoms with Crippen molar-refractivity contribution in [2.75, 3.05) is 36.5 Å². The Bertz CT molecular complexity index is 923. The van der Waals surface area contributed by atoms with Gasteiger partial charge in [0.25, 0.3) is 11.8 Å². The number of nitrogens with one attached hydrogen (secondary N) is 1. The monoisotopic (exact) mass is 396 g/mol. The molecule has 1 aromatic heterocycles. The SMILES string of the molecule is CCN(CC)C(=O)c1ccc2c(c1)N(CC(=O)Nc1ccc(C)cn1)C(=O)CO2. The molecule has 2 aromatic rings. The first-order chi connectivity index (χ1) is 13.9. The molecular weight excluding hydrogens is 372 g/mol. The predicted molar refractivity (Wildman–Crippen MR) is 109 cm³/mol. The van der Waals surface area contributed by atoms with Crippen molar-refractivity contribution in [1.29, 1.82) is 0 Å². The maximum Gasteiger partial charge on any atom is 0.265 e. The van der Waals surface area contributed by atoms with Crippen LogP contribution < -0.4 is 15.0 Å². The van der Waals surface area contributed by atoms with Crippen LogP contribution in [0.1, 0.15) is 29.8 Å². The number of pyridine rings is 1. The topological polar surface area (TPSA) is 91.8 Å². The average molecular weight is 396 g/mol. The fraction of sp³-hybridized carbons (Fsp3) is 0.333. The summed E-state index contributed by atoms with van der Waals surface area (Å²) in [5.74, 6) is -0.00184. The number of ether oxygens (including phenoxy) is 1. The van der Waals surface area contributed by atoms with Crippen LogP contribution in [-0.4, -0.2) is 53.8 Å². The van der Waals surface area contributed by atoms with E-state index in [9.17, 15) is 14.4 Å². The number of carbonyl (C=O) groups is 3. The highest BCUT2D eigenvalue weighted by Gasteiger charge is 2.29. The van der Waals surface area contributed by atoms with Gasteiger partial charge < -0.3 is 15.0 Å². The van der Waals surface area contributed by atoms with Crippen LogP contribution in [0.25, 0.3) is 0 Å². The van der Waals surface area contributed by atoms with E-state index in [2.05, 4.69) is 10.3 Å².